The lowest BCUT2D eigenvalue weighted by atomic mass is 9.99. The van der Waals surface area contributed by atoms with E-state index < -0.39 is 0 Å². The second-order valence-electron chi connectivity index (χ2n) is 5.04. The molecule has 0 fully saturated rings. The van der Waals surface area contributed by atoms with Gasteiger partial charge in [-0.25, -0.2) is 4.39 Å². The zero-order valence-corrected chi connectivity index (χ0v) is 12.1. The maximum absolute atomic E-state index is 13.7. The molecule has 0 aliphatic rings. The van der Waals surface area contributed by atoms with E-state index in [-0.39, 0.29) is 11.9 Å². The molecule has 0 heterocycles. The van der Waals surface area contributed by atoms with Gasteiger partial charge in [-0.1, -0.05) is 48.0 Å². The van der Waals surface area contributed by atoms with E-state index in [0.29, 0.717) is 17.0 Å². The average Bonchev–Trinajstić information content (AvgIpc) is 2.44. The minimum atomic E-state index is -0.268. The molecule has 2 N–H and O–H groups in total. The van der Waals surface area contributed by atoms with Crippen molar-refractivity contribution < 1.29 is 4.39 Å². The minimum absolute atomic E-state index is 0.0619. The first kappa shape index (κ1) is 15.0. The Kier molecular flexibility index (Phi) is 5.57. The van der Waals surface area contributed by atoms with Crippen molar-refractivity contribution in [1.29, 1.82) is 0 Å². The second-order valence-corrected chi connectivity index (χ2v) is 5.45. The molecule has 0 radical (unpaired) electrons. The third-order valence-electron chi connectivity index (χ3n) is 3.41. The highest BCUT2D eigenvalue weighted by Gasteiger charge is 2.11. The smallest absolute Gasteiger partial charge is 0.127 e. The van der Waals surface area contributed by atoms with Crippen LogP contribution in [0.1, 0.15) is 24.0 Å². The third-order valence-corrected chi connectivity index (χ3v) is 3.77. The highest BCUT2D eigenvalue weighted by molar-refractivity contribution is 6.31. The van der Waals surface area contributed by atoms with E-state index in [1.807, 2.05) is 18.2 Å². The van der Waals surface area contributed by atoms with Gasteiger partial charge in [-0.15, -0.1) is 0 Å². The summed E-state index contributed by atoms with van der Waals surface area (Å²) < 4.78 is 13.7. The van der Waals surface area contributed by atoms with Gasteiger partial charge in [0, 0.05) is 16.6 Å². The van der Waals surface area contributed by atoms with Crippen molar-refractivity contribution in [3.8, 4) is 0 Å². The number of hydrogen-bond acceptors (Lipinski definition) is 1. The molecule has 0 spiro atoms. The number of halogens is 2. The van der Waals surface area contributed by atoms with Crippen LogP contribution in [0, 0.1) is 5.82 Å². The van der Waals surface area contributed by atoms with Crippen LogP contribution in [0.15, 0.2) is 48.5 Å². The van der Waals surface area contributed by atoms with E-state index in [4.69, 9.17) is 17.3 Å². The number of hydrogen-bond donors (Lipinski definition) is 1. The van der Waals surface area contributed by atoms with Crippen molar-refractivity contribution in [2.75, 3.05) is 0 Å². The van der Waals surface area contributed by atoms with Gasteiger partial charge in [0.2, 0.25) is 0 Å². The van der Waals surface area contributed by atoms with E-state index in [2.05, 4.69) is 12.1 Å². The minimum Gasteiger partial charge on any atom is -0.327 e. The van der Waals surface area contributed by atoms with Crippen LogP contribution in [0.2, 0.25) is 5.02 Å². The summed E-state index contributed by atoms with van der Waals surface area (Å²) >= 11 is 6.01. The van der Waals surface area contributed by atoms with E-state index in [1.165, 1.54) is 11.6 Å². The predicted octanol–water partition coefficient (Wildman–Crippen LogP) is 4.37. The molecule has 0 saturated carbocycles. The molecule has 1 atom stereocenters. The molecular formula is C17H19ClFN. The largest absolute Gasteiger partial charge is 0.327 e. The molecule has 2 aromatic rings. The van der Waals surface area contributed by atoms with Gasteiger partial charge in [0.15, 0.2) is 0 Å². The molecular weight excluding hydrogens is 273 g/mol. The second kappa shape index (κ2) is 7.41. The highest BCUT2D eigenvalue weighted by atomic mass is 35.5. The number of nitrogens with two attached hydrogens (primary N) is 1. The first-order valence-corrected chi connectivity index (χ1v) is 7.27. The van der Waals surface area contributed by atoms with Crippen molar-refractivity contribution >= 4 is 11.6 Å². The lowest BCUT2D eigenvalue weighted by Crippen LogP contribution is -2.23. The first-order chi connectivity index (χ1) is 9.66. The topological polar surface area (TPSA) is 26.0 Å². The van der Waals surface area contributed by atoms with Gasteiger partial charge in [-0.3, -0.25) is 0 Å². The summed E-state index contributed by atoms with van der Waals surface area (Å²) in [4.78, 5) is 0. The van der Waals surface area contributed by atoms with Gasteiger partial charge in [0.25, 0.3) is 0 Å². The molecule has 0 saturated heterocycles. The lowest BCUT2D eigenvalue weighted by molar-refractivity contribution is 0.551. The van der Waals surface area contributed by atoms with Crippen LogP contribution in [-0.2, 0) is 12.8 Å². The molecule has 1 unspecified atom stereocenters. The van der Waals surface area contributed by atoms with Crippen molar-refractivity contribution in [2.45, 2.75) is 31.7 Å². The average molecular weight is 292 g/mol. The Bertz CT molecular complexity index is 522. The van der Waals surface area contributed by atoms with E-state index in [0.717, 1.165) is 19.3 Å². The molecule has 0 bridgehead atoms. The van der Waals surface area contributed by atoms with Gasteiger partial charge >= 0.3 is 0 Å². The van der Waals surface area contributed by atoms with Gasteiger partial charge in [0.1, 0.15) is 5.82 Å². The van der Waals surface area contributed by atoms with Gasteiger partial charge < -0.3 is 5.73 Å². The van der Waals surface area contributed by atoms with Crippen molar-refractivity contribution in [1.82, 2.24) is 0 Å². The summed E-state index contributed by atoms with van der Waals surface area (Å²) in [5, 5.41) is 0.462. The molecule has 3 heteroatoms. The standard InChI is InChI=1S/C17H19ClFN/c18-16-10-5-11-17(19)15(16)12-14(20)9-4-8-13-6-2-1-3-7-13/h1-3,5-7,10-11,14H,4,8-9,12,20H2. The maximum atomic E-state index is 13.7. The fraction of sp³-hybridized carbons (Fsp3) is 0.294. The quantitative estimate of drug-likeness (QED) is 0.840. The molecule has 0 amide bonds. The number of rotatable bonds is 6. The van der Waals surface area contributed by atoms with Crippen LogP contribution in [0.25, 0.3) is 0 Å². The highest BCUT2D eigenvalue weighted by Crippen LogP contribution is 2.21. The Morgan fingerprint density at radius 2 is 1.80 bits per heavy atom. The van der Waals surface area contributed by atoms with Crippen molar-refractivity contribution in [2.24, 2.45) is 5.73 Å². The SMILES string of the molecule is NC(CCCc1ccccc1)Cc1c(F)cccc1Cl. The predicted molar refractivity (Wildman–Crippen MR) is 82.5 cm³/mol. The lowest BCUT2D eigenvalue weighted by Gasteiger charge is -2.13. The molecule has 2 aromatic carbocycles. The van der Waals surface area contributed by atoms with E-state index in [9.17, 15) is 4.39 Å². The summed E-state index contributed by atoms with van der Waals surface area (Å²) in [7, 11) is 0. The van der Waals surface area contributed by atoms with Crippen LogP contribution in [0.3, 0.4) is 0 Å². The Morgan fingerprint density at radius 3 is 2.50 bits per heavy atom. The summed E-state index contributed by atoms with van der Waals surface area (Å²) in [6.07, 6.45) is 3.34. The van der Waals surface area contributed by atoms with Gasteiger partial charge in [-0.2, -0.15) is 0 Å². The molecule has 0 aliphatic carbocycles. The van der Waals surface area contributed by atoms with E-state index >= 15 is 0 Å². The molecule has 0 aliphatic heterocycles. The monoisotopic (exact) mass is 291 g/mol. The Morgan fingerprint density at radius 1 is 1.05 bits per heavy atom. The van der Waals surface area contributed by atoms with Crippen LogP contribution in [0.5, 0.6) is 0 Å². The zero-order valence-electron chi connectivity index (χ0n) is 11.4. The van der Waals surface area contributed by atoms with Crippen molar-refractivity contribution in [3.05, 3.63) is 70.5 Å². The maximum Gasteiger partial charge on any atom is 0.127 e. The molecule has 20 heavy (non-hydrogen) atoms. The fourth-order valence-electron chi connectivity index (χ4n) is 2.30. The van der Waals surface area contributed by atoms with Crippen LogP contribution < -0.4 is 5.73 Å². The third kappa shape index (κ3) is 4.32. The summed E-state index contributed by atoms with van der Waals surface area (Å²) in [5.74, 6) is -0.268. The number of benzene rings is 2. The summed E-state index contributed by atoms with van der Waals surface area (Å²) in [5.41, 5.74) is 7.92. The molecule has 106 valence electrons. The first-order valence-electron chi connectivity index (χ1n) is 6.89. The molecule has 1 nitrogen and oxygen atoms in total. The molecule has 0 aromatic heterocycles. The van der Waals surface area contributed by atoms with Crippen LogP contribution >= 0.6 is 11.6 Å². The number of aryl methyl sites for hydroxylation is 1. The zero-order chi connectivity index (χ0) is 14.4. The summed E-state index contributed by atoms with van der Waals surface area (Å²) in [6.45, 7) is 0. The van der Waals surface area contributed by atoms with Crippen LogP contribution in [0.4, 0.5) is 4.39 Å². The Labute approximate surface area is 124 Å². The van der Waals surface area contributed by atoms with Crippen molar-refractivity contribution in [3.63, 3.8) is 0 Å². The molecule has 2 rings (SSSR count). The van der Waals surface area contributed by atoms with Crippen LogP contribution in [-0.4, -0.2) is 6.04 Å². The van der Waals surface area contributed by atoms with Gasteiger partial charge in [-0.05, 0) is 43.4 Å². The van der Waals surface area contributed by atoms with E-state index in [1.54, 1.807) is 12.1 Å². The Hall–Kier alpha value is -1.38. The Balaban J connectivity index is 1.82. The normalized spacial score (nSPS) is 12.3. The summed E-state index contributed by atoms with van der Waals surface area (Å²) in [6, 6.07) is 15.0. The van der Waals surface area contributed by atoms with Gasteiger partial charge in [0.05, 0.1) is 0 Å². The fourth-order valence-corrected chi connectivity index (χ4v) is 2.54.